The molecule has 0 heterocycles. The molecule has 7 nitrogen and oxygen atoms in total. The number of esters is 1. The van der Waals surface area contributed by atoms with Gasteiger partial charge in [-0.15, -0.1) is 0 Å². The maximum atomic E-state index is 13.2. The Morgan fingerprint density at radius 1 is 1.21 bits per heavy atom. The average Bonchev–Trinajstić information content (AvgIpc) is 2.63. The van der Waals surface area contributed by atoms with Crippen LogP contribution in [0.1, 0.15) is 10.4 Å². The lowest BCUT2D eigenvalue weighted by Gasteiger charge is -2.14. The summed E-state index contributed by atoms with van der Waals surface area (Å²) in [5.41, 5.74) is 0.0801. The lowest BCUT2D eigenvalue weighted by atomic mass is 10.2. The van der Waals surface area contributed by atoms with Crippen molar-refractivity contribution in [2.24, 2.45) is 0 Å². The van der Waals surface area contributed by atoms with Crippen LogP contribution in [0.5, 0.6) is 0 Å². The van der Waals surface area contributed by atoms with Crippen molar-refractivity contribution in [3.8, 4) is 0 Å². The van der Waals surface area contributed by atoms with Crippen molar-refractivity contribution in [1.82, 2.24) is 4.31 Å². The van der Waals surface area contributed by atoms with Crippen LogP contribution in [0, 0.1) is 5.82 Å². The van der Waals surface area contributed by atoms with Gasteiger partial charge in [-0.3, -0.25) is 4.79 Å². The molecule has 2 rings (SSSR count). The minimum Gasteiger partial charge on any atom is -0.452 e. The third-order valence-electron chi connectivity index (χ3n) is 3.46. The number of sulfonamides is 1. The van der Waals surface area contributed by atoms with Gasteiger partial charge >= 0.3 is 5.97 Å². The molecule has 1 amide bonds. The molecule has 0 aliphatic rings. The molecule has 0 aliphatic heterocycles. The number of anilines is 1. The second-order valence-corrected chi connectivity index (χ2v) is 9.06. The molecule has 11 heteroatoms. The molecule has 0 spiro atoms. The van der Waals surface area contributed by atoms with Crippen molar-refractivity contribution in [3.05, 3.63) is 57.3 Å². The highest BCUT2D eigenvalue weighted by Crippen LogP contribution is 2.27. The van der Waals surface area contributed by atoms with E-state index >= 15 is 0 Å². The number of hydrogen-bond acceptors (Lipinski definition) is 5. The Balaban J connectivity index is 2.08. The summed E-state index contributed by atoms with van der Waals surface area (Å²) >= 11 is 9.03. The average molecular weight is 494 g/mol. The highest BCUT2D eigenvalue weighted by molar-refractivity contribution is 9.10. The molecule has 0 fully saturated rings. The van der Waals surface area contributed by atoms with E-state index in [0.717, 1.165) is 16.4 Å². The Bertz CT molecular complexity index is 1030. The first-order chi connectivity index (χ1) is 13.0. The molecule has 0 saturated heterocycles. The minimum absolute atomic E-state index is 0.00548. The number of carbonyl (C=O) groups excluding carboxylic acids is 2. The topological polar surface area (TPSA) is 92.8 Å². The normalized spacial score (nSPS) is 11.4. The van der Waals surface area contributed by atoms with E-state index in [1.807, 2.05) is 0 Å². The number of halogens is 3. The first-order valence-electron chi connectivity index (χ1n) is 7.66. The molecule has 0 unspecified atom stereocenters. The molecule has 1 N–H and O–H groups in total. The van der Waals surface area contributed by atoms with Gasteiger partial charge in [0.2, 0.25) is 10.0 Å². The largest absolute Gasteiger partial charge is 0.452 e. The fraction of sp³-hybridized carbons (Fsp3) is 0.176. The maximum absolute atomic E-state index is 13.2. The Morgan fingerprint density at radius 2 is 1.89 bits per heavy atom. The predicted octanol–water partition coefficient (Wildman–Crippen LogP) is 3.29. The van der Waals surface area contributed by atoms with E-state index in [4.69, 9.17) is 16.3 Å². The molecule has 2 aromatic rings. The number of nitrogens with one attached hydrogen (secondary N) is 1. The number of carbonyl (C=O) groups is 2. The molecule has 0 radical (unpaired) electrons. The summed E-state index contributed by atoms with van der Waals surface area (Å²) in [6, 6.07) is 7.39. The molecule has 28 heavy (non-hydrogen) atoms. The number of benzene rings is 2. The minimum atomic E-state index is -3.81. The van der Waals surface area contributed by atoms with Crippen molar-refractivity contribution < 1.29 is 27.1 Å². The van der Waals surface area contributed by atoms with E-state index in [0.29, 0.717) is 4.47 Å². The van der Waals surface area contributed by atoms with Crippen LogP contribution >= 0.6 is 27.5 Å². The Labute approximate surface area is 174 Å². The monoisotopic (exact) mass is 492 g/mol. The van der Waals surface area contributed by atoms with E-state index < -0.39 is 34.3 Å². The smallest absolute Gasteiger partial charge is 0.339 e. The van der Waals surface area contributed by atoms with Gasteiger partial charge < -0.3 is 10.1 Å². The first kappa shape index (κ1) is 22.3. The molecule has 150 valence electrons. The lowest BCUT2D eigenvalue weighted by Crippen LogP contribution is -2.23. The first-order valence-corrected chi connectivity index (χ1v) is 10.3. The lowest BCUT2D eigenvalue weighted by molar-refractivity contribution is -0.119. The number of amides is 1. The van der Waals surface area contributed by atoms with Gasteiger partial charge in [0.25, 0.3) is 5.91 Å². The van der Waals surface area contributed by atoms with Gasteiger partial charge in [-0.05, 0) is 52.3 Å². The van der Waals surface area contributed by atoms with Gasteiger partial charge in [-0.25, -0.2) is 21.9 Å². The van der Waals surface area contributed by atoms with Gasteiger partial charge in [0.05, 0.1) is 10.6 Å². The van der Waals surface area contributed by atoms with E-state index in [2.05, 4.69) is 21.2 Å². The van der Waals surface area contributed by atoms with Crippen LogP contribution in [0.3, 0.4) is 0 Å². The predicted molar refractivity (Wildman–Crippen MR) is 105 cm³/mol. The Morgan fingerprint density at radius 3 is 2.54 bits per heavy atom. The molecular weight excluding hydrogens is 479 g/mol. The summed E-state index contributed by atoms with van der Waals surface area (Å²) in [6.07, 6.45) is 0. The Hall–Kier alpha value is -2.01. The summed E-state index contributed by atoms with van der Waals surface area (Å²) < 4.78 is 43.9. The molecule has 0 bridgehead atoms. The maximum Gasteiger partial charge on any atom is 0.339 e. The van der Waals surface area contributed by atoms with Crippen molar-refractivity contribution >= 4 is 55.1 Å². The second-order valence-electron chi connectivity index (χ2n) is 5.68. The van der Waals surface area contributed by atoms with Gasteiger partial charge in [-0.2, -0.15) is 0 Å². The molecule has 2 aromatic carbocycles. The van der Waals surface area contributed by atoms with Gasteiger partial charge in [0, 0.05) is 24.3 Å². The molecule has 0 saturated carbocycles. The standard InChI is InChI=1S/C17H15BrClFN2O5S/c1-22(2)28(25,26)15-8-11(4-6-14(15)19)21-16(23)9-27-17(24)12-7-10(20)3-5-13(12)18/h3-8H,9H2,1-2H3,(H,21,23). The number of ether oxygens (including phenoxy) is 1. The quantitative estimate of drug-likeness (QED) is 0.624. The zero-order valence-electron chi connectivity index (χ0n) is 14.7. The van der Waals surface area contributed by atoms with E-state index in [1.165, 1.54) is 38.4 Å². The van der Waals surface area contributed by atoms with Crippen LogP contribution in [0.15, 0.2) is 45.8 Å². The fourth-order valence-corrected chi connectivity index (χ4v) is 3.84. The molecule has 0 aliphatic carbocycles. The van der Waals surface area contributed by atoms with Gasteiger partial charge in [0.15, 0.2) is 6.61 Å². The molecular formula is C17H15BrClFN2O5S. The molecule has 0 aromatic heterocycles. The number of rotatable bonds is 6. The van der Waals surface area contributed by atoms with E-state index in [9.17, 15) is 22.4 Å². The van der Waals surface area contributed by atoms with Crippen LogP contribution in [0.25, 0.3) is 0 Å². The van der Waals surface area contributed by atoms with Crippen molar-refractivity contribution in [3.63, 3.8) is 0 Å². The van der Waals surface area contributed by atoms with Crippen LogP contribution in [0.4, 0.5) is 10.1 Å². The SMILES string of the molecule is CN(C)S(=O)(=O)c1cc(NC(=O)COC(=O)c2cc(F)ccc2Br)ccc1Cl. The van der Waals surface area contributed by atoms with Crippen LogP contribution < -0.4 is 5.32 Å². The summed E-state index contributed by atoms with van der Waals surface area (Å²) in [4.78, 5) is 23.8. The fourth-order valence-electron chi connectivity index (χ4n) is 2.04. The summed E-state index contributed by atoms with van der Waals surface area (Å²) in [5, 5.41) is 2.40. The van der Waals surface area contributed by atoms with Crippen LogP contribution in [-0.2, 0) is 19.6 Å². The number of hydrogen-bond donors (Lipinski definition) is 1. The molecule has 0 atom stereocenters. The third kappa shape index (κ3) is 5.28. The zero-order valence-corrected chi connectivity index (χ0v) is 17.9. The van der Waals surface area contributed by atoms with E-state index in [-0.39, 0.29) is 21.2 Å². The van der Waals surface area contributed by atoms with Crippen molar-refractivity contribution in [1.29, 1.82) is 0 Å². The van der Waals surface area contributed by atoms with Crippen LogP contribution in [-0.4, -0.2) is 45.3 Å². The summed E-state index contributed by atoms with van der Waals surface area (Å²) in [6.45, 7) is -0.653. The van der Waals surface area contributed by atoms with Crippen molar-refractivity contribution in [2.45, 2.75) is 4.90 Å². The van der Waals surface area contributed by atoms with Crippen LogP contribution in [0.2, 0.25) is 5.02 Å². The summed E-state index contributed by atoms with van der Waals surface area (Å²) in [7, 11) is -1.12. The van der Waals surface area contributed by atoms with Gasteiger partial charge in [0.1, 0.15) is 10.7 Å². The van der Waals surface area contributed by atoms with Gasteiger partial charge in [-0.1, -0.05) is 11.6 Å². The van der Waals surface area contributed by atoms with E-state index in [1.54, 1.807) is 0 Å². The second kappa shape index (κ2) is 8.99. The summed E-state index contributed by atoms with van der Waals surface area (Å²) in [5.74, 6) is -2.24. The number of nitrogens with zero attached hydrogens (tertiary/aromatic N) is 1. The third-order valence-corrected chi connectivity index (χ3v) is 6.44. The Kier molecular flexibility index (Phi) is 7.16. The zero-order chi connectivity index (χ0) is 21.1. The highest BCUT2D eigenvalue weighted by Gasteiger charge is 2.22. The highest BCUT2D eigenvalue weighted by atomic mass is 79.9. The van der Waals surface area contributed by atoms with Crippen molar-refractivity contribution in [2.75, 3.05) is 26.0 Å².